The molecule has 0 amide bonds. The van der Waals surface area contributed by atoms with Crippen molar-refractivity contribution in [1.82, 2.24) is 4.98 Å². The summed E-state index contributed by atoms with van der Waals surface area (Å²) in [7, 11) is 0. The summed E-state index contributed by atoms with van der Waals surface area (Å²) in [4.78, 5) is 16.1. The predicted molar refractivity (Wildman–Crippen MR) is 79.9 cm³/mol. The zero-order valence-electron chi connectivity index (χ0n) is 11.7. The number of hydrogen-bond donors (Lipinski definition) is 1. The second kappa shape index (κ2) is 7.04. The molecule has 0 radical (unpaired) electrons. The van der Waals surface area contributed by atoms with Crippen molar-refractivity contribution in [3.8, 4) is 10.4 Å². The van der Waals surface area contributed by atoms with Crippen LogP contribution in [0.3, 0.4) is 0 Å². The quantitative estimate of drug-likeness (QED) is 0.887. The van der Waals surface area contributed by atoms with Crippen LogP contribution in [-0.2, 0) is 0 Å². The van der Waals surface area contributed by atoms with E-state index >= 15 is 0 Å². The predicted octanol–water partition coefficient (Wildman–Crippen LogP) is 4.66. The van der Waals surface area contributed by atoms with Gasteiger partial charge in [-0.1, -0.05) is 58.0 Å². The average Bonchev–Trinajstić information content (AvgIpc) is 2.87. The Bertz CT molecular complexity index is 532. The number of hydrogen-bond acceptors (Lipinski definition) is 3. The first-order valence-electron chi connectivity index (χ1n) is 6.39. The van der Waals surface area contributed by atoms with Crippen molar-refractivity contribution in [2.75, 3.05) is 0 Å². The van der Waals surface area contributed by atoms with Gasteiger partial charge < -0.3 is 5.11 Å². The normalized spacial score (nSPS) is 9.95. The van der Waals surface area contributed by atoms with E-state index in [1.807, 2.05) is 58.0 Å². The molecule has 102 valence electrons. The van der Waals surface area contributed by atoms with Gasteiger partial charge in [0.2, 0.25) is 0 Å². The van der Waals surface area contributed by atoms with Gasteiger partial charge in [0.15, 0.2) is 5.69 Å². The van der Waals surface area contributed by atoms with E-state index in [-0.39, 0.29) is 11.6 Å². The Balaban J connectivity index is 0.000000861. The SMILES string of the molecule is CC.CC(C)c1nc(C(=O)O)c(-c2ccccc2)s1. The lowest BCUT2D eigenvalue weighted by molar-refractivity contribution is 0.0692. The summed E-state index contributed by atoms with van der Waals surface area (Å²) in [5.74, 6) is -0.720. The number of rotatable bonds is 3. The number of aromatic carboxylic acids is 1. The van der Waals surface area contributed by atoms with Gasteiger partial charge in [0, 0.05) is 5.92 Å². The molecule has 2 rings (SSSR count). The lowest BCUT2D eigenvalue weighted by atomic mass is 10.1. The maximum atomic E-state index is 11.2. The van der Waals surface area contributed by atoms with Crippen molar-refractivity contribution in [2.24, 2.45) is 0 Å². The van der Waals surface area contributed by atoms with Crippen molar-refractivity contribution in [3.05, 3.63) is 41.0 Å². The van der Waals surface area contributed by atoms with Crippen LogP contribution in [0, 0.1) is 0 Å². The number of carboxylic acid groups (broad SMARTS) is 1. The zero-order valence-corrected chi connectivity index (χ0v) is 12.5. The summed E-state index contributed by atoms with van der Waals surface area (Å²) in [6.07, 6.45) is 0. The molecular weight excluding hydrogens is 258 g/mol. The highest BCUT2D eigenvalue weighted by molar-refractivity contribution is 7.15. The molecule has 0 atom stereocenters. The fourth-order valence-electron chi connectivity index (χ4n) is 1.51. The van der Waals surface area contributed by atoms with Crippen LogP contribution in [0.2, 0.25) is 0 Å². The van der Waals surface area contributed by atoms with Crippen molar-refractivity contribution in [1.29, 1.82) is 0 Å². The van der Waals surface area contributed by atoms with Crippen LogP contribution >= 0.6 is 11.3 Å². The fourth-order valence-corrected chi connectivity index (χ4v) is 2.58. The third-order valence-electron chi connectivity index (χ3n) is 2.38. The largest absolute Gasteiger partial charge is 0.476 e. The molecule has 4 heteroatoms. The third kappa shape index (κ3) is 3.64. The van der Waals surface area contributed by atoms with Crippen LogP contribution in [0.15, 0.2) is 30.3 Å². The van der Waals surface area contributed by atoms with Gasteiger partial charge >= 0.3 is 5.97 Å². The van der Waals surface area contributed by atoms with E-state index in [1.165, 1.54) is 11.3 Å². The van der Waals surface area contributed by atoms with E-state index < -0.39 is 5.97 Å². The minimum absolute atomic E-state index is 0.157. The molecule has 19 heavy (non-hydrogen) atoms. The Kier molecular flexibility index (Phi) is 5.70. The number of benzene rings is 1. The van der Waals surface area contributed by atoms with Crippen molar-refractivity contribution in [2.45, 2.75) is 33.6 Å². The first-order valence-corrected chi connectivity index (χ1v) is 7.20. The van der Waals surface area contributed by atoms with Crippen LogP contribution in [0.25, 0.3) is 10.4 Å². The number of carboxylic acids is 1. The smallest absolute Gasteiger partial charge is 0.356 e. The summed E-state index contributed by atoms with van der Waals surface area (Å²) in [5.41, 5.74) is 1.07. The van der Waals surface area contributed by atoms with E-state index in [0.29, 0.717) is 0 Å². The second-order valence-electron chi connectivity index (χ2n) is 4.06. The van der Waals surface area contributed by atoms with E-state index in [1.54, 1.807) is 0 Å². The lowest BCUT2D eigenvalue weighted by Gasteiger charge is -1.97. The molecule has 1 N–H and O–H groups in total. The van der Waals surface area contributed by atoms with Crippen LogP contribution < -0.4 is 0 Å². The topological polar surface area (TPSA) is 50.2 Å². The highest BCUT2D eigenvalue weighted by Gasteiger charge is 2.19. The molecule has 3 nitrogen and oxygen atoms in total. The molecule has 0 saturated carbocycles. The molecule has 0 bridgehead atoms. The monoisotopic (exact) mass is 277 g/mol. The van der Waals surface area contributed by atoms with Gasteiger partial charge in [-0.3, -0.25) is 0 Å². The van der Waals surface area contributed by atoms with Gasteiger partial charge in [0.05, 0.1) is 9.88 Å². The van der Waals surface area contributed by atoms with Gasteiger partial charge in [0.25, 0.3) is 0 Å². The Morgan fingerprint density at radius 2 is 1.79 bits per heavy atom. The number of carbonyl (C=O) groups is 1. The first-order chi connectivity index (χ1) is 9.09. The molecular formula is C15H19NO2S. The zero-order chi connectivity index (χ0) is 14.4. The summed E-state index contributed by atoms with van der Waals surface area (Å²) in [6, 6.07) is 9.52. The van der Waals surface area contributed by atoms with E-state index in [9.17, 15) is 4.79 Å². The van der Waals surface area contributed by atoms with E-state index in [2.05, 4.69) is 4.98 Å². The Morgan fingerprint density at radius 3 is 2.26 bits per heavy atom. The average molecular weight is 277 g/mol. The van der Waals surface area contributed by atoms with Crippen LogP contribution in [0.1, 0.15) is 49.1 Å². The van der Waals surface area contributed by atoms with Gasteiger partial charge in [-0.25, -0.2) is 9.78 Å². The molecule has 0 aliphatic rings. The number of thiazole rings is 1. The Labute approximate surface area is 117 Å². The van der Waals surface area contributed by atoms with Gasteiger partial charge in [-0.05, 0) is 5.56 Å². The summed E-state index contributed by atoms with van der Waals surface area (Å²) in [5, 5.41) is 10.0. The molecule has 1 aromatic heterocycles. The molecule has 0 unspecified atom stereocenters. The Hall–Kier alpha value is -1.68. The molecule has 0 aliphatic heterocycles. The molecule has 2 aromatic rings. The summed E-state index contributed by atoms with van der Waals surface area (Å²) in [6.45, 7) is 8.03. The molecule has 1 aromatic carbocycles. The summed E-state index contributed by atoms with van der Waals surface area (Å²) < 4.78 is 0. The minimum Gasteiger partial charge on any atom is -0.476 e. The van der Waals surface area contributed by atoms with Gasteiger partial charge in [-0.2, -0.15) is 0 Å². The number of nitrogens with zero attached hydrogens (tertiary/aromatic N) is 1. The van der Waals surface area contributed by atoms with E-state index in [0.717, 1.165) is 15.4 Å². The molecule has 1 heterocycles. The highest BCUT2D eigenvalue weighted by atomic mass is 32.1. The first kappa shape index (κ1) is 15.4. The van der Waals surface area contributed by atoms with Gasteiger partial charge in [-0.15, -0.1) is 11.3 Å². The molecule has 0 spiro atoms. The van der Waals surface area contributed by atoms with Crippen molar-refractivity contribution >= 4 is 17.3 Å². The third-order valence-corrected chi connectivity index (χ3v) is 3.78. The number of aromatic nitrogens is 1. The Morgan fingerprint density at radius 1 is 1.21 bits per heavy atom. The minimum atomic E-state index is -0.966. The lowest BCUT2D eigenvalue weighted by Crippen LogP contribution is -1.99. The maximum absolute atomic E-state index is 11.2. The second-order valence-corrected chi connectivity index (χ2v) is 5.09. The maximum Gasteiger partial charge on any atom is 0.356 e. The van der Waals surface area contributed by atoms with E-state index in [4.69, 9.17) is 5.11 Å². The van der Waals surface area contributed by atoms with Crippen LogP contribution in [0.5, 0.6) is 0 Å². The van der Waals surface area contributed by atoms with Crippen LogP contribution in [0.4, 0.5) is 0 Å². The summed E-state index contributed by atoms with van der Waals surface area (Å²) >= 11 is 1.46. The molecule has 0 aliphatic carbocycles. The van der Waals surface area contributed by atoms with Crippen molar-refractivity contribution < 1.29 is 9.90 Å². The van der Waals surface area contributed by atoms with Crippen molar-refractivity contribution in [3.63, 3.8) is 0 Å². The molecule has 0 saturated heterocycles. The van der Waals surface area contributed by atoms with Crippen LogP contribution in [-0.4, -0.2) is 16.1 Å². The van der Waals surface area contributed by atoms with Gasteiger partial charge in [0.1, 0.15) is 0 Å². The fraction of sp³-hybridized carbons (Fsp3) is 0.333. The standard InChI is InChI=1S/C13H13NO2S.C2H6/c1-8(2)12-14-10(13(15)16)11(17-12)9-6-4-3-5-7-9;1-2/h3-8H,1-2H3,(H,15,16);1-2H3. The highest BCUT2D eigenvalue weighted by Crippen LogP contribution is 2.33. The molecule has 0 fully saturated rings.